The molecular weight excluding hydrogens is 408 g/mol. The van der Waals surface area contributed by atoms with Crippen molar-refractivity contribution in [1.82, 2.24) is 4.90 Å². The Bertz CT molecular complexity index is 980. The van der Waals surface area contributed by atoms with E-state index in [0.717, 1.165) is 18.4 Å². The van der Waals surface area contributed by atoms with Crippen LogP contribution in [0, 0.1) is 0 Å². The van der Waals surface area contributed by atoms with E-state index >= 15 is 0 Å². The second-order valence-electron chi connectivity index (χ2n) is 7.23. The number of carbonyl (C=O) groups is 2. The molecule has 2 aliphatic heterocycles. The first kappa shape index (κ1) is 20.3. The van der Waals surface area contributed by atoms with E-state index in [-0.39, 0.29) is 31.0 Å². The second-order valence-corrected chi connectivity index (χ2v) is 7.67. The Morgan fingerprint density at radius 2 is 2.03 bits per heavy atom. The van der Waals surface area contributed by atoms with E-state index in [1.54, 1.807) is 32.4 Å². The molecule has 1 atom stereocenters. The summed E-state index contributed by atoms with van der Waals surface area (Å²) in [4.78, 5) is 29.0. The zero-order valence-electron chi connectivity index (χ0n) is 16.9. The maximum atomic E-state index is 13.3. The molecule has 4 rings (SSSR count). The topological polar surface area (TPSA) is 68.3 Å². The number of ether oxygens (including phenoxy) is 3. The highest BCUT2D eigenvalue weighted by Gasteiger charge is 2.35. The summed E-state index contributed by atoms with van der Waals surface area (Å²) >= 11 is 6.10. The maximum absolute atomic E-state index is 13.3. The summed E-state index contributed by atoms with van der Waals surface area (Å²) in [5, 5.41) is 0.477. The van der Waals surface area contributed by atoms with E-state index in [2.05, 4.69) is 0 Å². The third-order valence-electron chi connectivity index (χ3n) is 5.53. The van der Waals surface area contributed by atoms with E-state index in [1.165, 1.54) is 4.90 Å². The average Bonchev–Trinajstić information content (AvgIpc) is 3.25. The molecule has 0 saturated carbocycles. The van der Waals surface area contributed by atoms with Crippen molar-refractivity contribution in [2.45, 2.75) is 18.9 Å². The van der Waals surface area contributed by atoms with Gasteiger partial charge in [-0.2, -0.15) is 0 Å². The largest absolute Gasteiger partial charge is 0.497 e. The van der Waals surface area contributed by atoms with Gasteiger partial charge in [-0.05, 0) is 49.2 Å². The molecule has 0 aliphatic carbocycles. The molecule has 1 saturated heterocycles. The molecule has 0 unspecified atom stereocenters. The van der Waals surface area contributed by atoms with Gasteiger partial charge in [0.05, 0.1) is 25.9 Å². The Labute approximate surface area is 180 Å². The number of likely N-dealkylation sites (tertiary alicyclic amines) is 1. The van der Waals surface area contributed by atoms with E-state index < -0.39 is 0 Å². The van der Waals surface area contributed by atoms with Gasteiger partial charge in [0.1, 0.15) is 23.8 Å². The molecule has 2 heterocycles. The van der Waals surface area contributed by atoms with Crippen LogP contribution in [0.3, 0.4) is 0 Å². The fourth-order valence-electron chi connectivity index (χ4n) is 4.06. The van der Waals surface area contributed by atoms with Gasteiger partial charge in [0, 0.05) is 17.1 Å². The van der Waals surface area contributed by atoms with Crippen LogP contribution >= 0.6 is 11.6 Å². The van der Waals surface area contributed by atoms with Gasteiger partial charge in [-0.1, -0.05) is 11.6 Å². The lowest BCUT2D eigenvalue weighted by Crippen LogP contribution is -2.46. The molecule has 158 valence electrons. The predicted molar refractivity (Wildman–Crippen MR) is 113 cm³/mol. The van der Waals surface area contributed by atoms with Crippen LogP contribution in [-0.4, -0.2) is 50.6 Å². The Morgan fingerprint density at radius 1 is 1.20 bits per heavy atom. The molecule has 2 aromatic carbocycles. The first-order valence-corrected chi connectivity index (χ1v) is 10.1. The third kappa shape index (κ3) is 3.77. The van der Waals surface area contributed by atoms with Crippen LogP contribution in [0.5, 0.6) is 17.2 Å². The number of anilines is 1. The van der Waals surface area contributed by atoms with Crippen LogP contribution in [-0.2, 0) is 9.59 Å². The number of hydrogen-bond acceptors (Lipinski definition) is 5. The lowest BCUT2D eigenvalue weighted by atomic mass is 10.0. The van der Waals surface area contributed by atoms with Crippen LogP contribution in [0.4, 0.5) is 5.69 Å². The monoisotopic (exact) mass is 430 g/mol. The minimum Gasteiger partial charge on any atom is -0.497 e. The van der Waals surface area contributed by atoms with Crippen molar-refractivity contribution < 1.29 is 23.8 Å². The van der Waals surface area contributed by atoms with Crippen LogP contribution in [0.2, 0.25) is 5.02 Å². The van der Waals surface area contributed by atoms with Crippen molar-refractivity contribution >= 4 is 29.1 Å². The summed E-state index contributed by atoms with van der Waals surface area (Å²) in [5.41, 5.74) is 1.42. The molecular formula is C22H23ClN2O5. The molecule has 8 heteroatoms. The standard InChI is InChI=1S/C22H23ClN2O5/c1-28-15-6-8-19(29-2)16(11-15)17-4-3-9-24(17)21(26)12-25-18-10-14(23)5-7-20(18)30-13-22(25)27/h5-8,10-11,17H,3-4,9,12-13H2,1-2H3/t17-/m0/s1. The molecule has 0 radical (unpaired) electrons. The zero-order chi connectivity index (χ0) is 21.3. The van der Waals surface area contributed by atoms with Gasteiger partial charge in [0.15, 0.2) is 6.61 Å². The fraction of sp³-hybridized carbons (Fsp3) is 0.364. The first-order valence-electron chi connectivity index (χ1n) is 9.76. The number of methoxy groups -OCH3 is 2. The smallest absolute Gasteiger partial charge is 0.265 e. The Hall–Kier alpha value is -2.93. The minimum atomic E-state index is -0.271. The van der Waals surface area contributed by atoms with Crippen molar-refractivity contribution in [2.75, 3.05) is 38.8 Å². The molecule has 1 fully saturated rings. The first-order chi connectivity index (χ1) is 14.5. The van der Waals surface area contributed by atoms with Crippen molar-refractivity contribution in [3.05, 3.63) is 47.0 Å². The molecule has 2 amide bonds. The molecule has 0 aromatic heterocycles. The summed E-state index contributed by atoms with van der Waals surface area (Å²) in [6.07, 6.45) is 1.69. The summed E-state index contributed by atoms with van der Waals surface area (Å²) in [6, 6.07) is 10.5. The summed E-state index contributed by atoms with van der Waals surface area (Å²) in [5.74, 6) is 1.55. The number of carbonyl (C=O) groups excluding carboxylic acids is 2. The fourth-order valence-corrected chi connectivity index (χ4v) is 4.23. The van der Waals surface area contributed by atoms with Crippen LogP contribution in [0.25, 0.3) is 0 Å². The lowest BCUT2D eigenvalue weighted by Gasteiger charge is -2.32. The van der Waals surface area contributed by atoms with Gasteiger partial charge in [-0.15, -0.1) is 0 Å². The zero-order valence-corrected chi connectivity index (χ0v) is 17.6. The molecule has 7 nitrogen and oxygen atoms in total. The van der Waals surface area contributed by atoms with Crippen LogP contribution < -0.4 is 19.1 Å². The number of amides is 2. The minimum absolute atomic E-state index is 0.0711. The molecule has 0 bridgehead atoms. The number of benzene rings is 2. The van der Waals surface area contributed by atoms with Gasteiger partial charge in [0.2, 0.25) is 5.91 Å². The number of hydrogen-bond donors (Lipinski definition) is 0. The highest BCUT2D eigenvalue weighted by molar-refractivity contribution is 6.31. The Morgan fingerprint density at radius 3 is 2.80 bits per heavy atom. The van der Waals surface area contributed by atoms with Gasteiger partial charge in [0.25, 0.3) is 5.91 Å². The normalized spacial score (nSPS) is 18.1. The maximum Gasteiger partial charge on any atom is 0.265 e. The number of fused-ring (bicyclic) bond motifs is 1. The number of rotatable bonds is 5. The number of halogens is 1. The highest BCUT2D eigenvalue weighted by Crippen LogP contribution is 2.40. The Kier molecular flexibility index (Phi) is 5.72. The second kappa shape index (κ2) is 8.44. The lowest BCUT2D eigenvalue weighted by molar-refractivity contribution is -0.132. The van der Waals surface area contributed by atoms with E-state index in [1.807, 2.05) is 23.1 Å². The molecule has 2 aliphatic rings. The van der Waals surface area contributed by atoms with Crippen molar-refractivity contribution in [3.8, 4) is 17.2 Å². The highest BCUT2D eigenvalue weighted by atomic mass is 35.5. The van der Waals surface area contributed by atoms with Crippen molar-refractivity contribution in [2.24, 2.45) is 0 Å². The van der Waals surface area contributed by atoms with Crippen LogP contribution in [0.15, 0.2) is 36.4 Å². The molecule has 2 aromatic rings. The molecule has 0 spiro atoms. The summed E-state index contributed by atoms with van der Waals surface area (Å²) < 4.78 is 16.3. The van der Waals surface area contributed by atoms with Crippen LogP contribution in [0.1, 0.15) is 24.4 Å². The average molecular weight is 431 g/mol. The Balaban J connectivity index is 1.60. The van der Waals surface area contributed by atoms with Gasteiger partial charge < -0.3 is 19.1 Å². The predicted octanol–water partition coefficient (Wildman–Crippen LogP) is 3.45. The van der Waals surface area contributed by atoms with Crippen molar-refractivity contribution in [3.63, 3.8) is 0 Å². The summed E-state index contributed by atoms with van der Waals surface area (Å²) in [7, 11) is 3.22. The van der Waals surface area contributed by atoms with Gasteiger partial charge in [-0.25, -0.2) is 0 Å². The third-order valence-corrected chi connectivity index (χ3v) is 5.76. The molecule has 30 heavy (non-hydrogen) atoms. The van der Waals surface area contributed by atoms with Gasteiger partial charge >= 0.3 is 0 Å². The van der Waals surface area contributed by atoms with E-state index in [0.29, 0.717) is 34.5 Å². The van der Waals surface area contributed by atoms with E-state index in [9.17, 15) is 9.59 Å². The van der Waals surface area contributed by atoms with Crippen molar-refractivity contribution in [1.29, 1.82) is 0 Å². The molecule has 0 N–H and O–H groups in total. The number of nitrogens with zero attached hydrogens (tertiary/aromatic N) is 2. The summed E-state index contributed by atoms with van der Waals surface area (Å²) in [6.45, 7) is 0.443. The van der Waals surface area contributed by atoms with Gasteiger partial charge in [-0.3, -0.25) is 14.5 Å². The van der Waals surface area contributed by atoms with E-state index in [4.69, 9.17) is 25.8 Å². The quantitative estimate of drug-likeness (QED) is 0.726. The SMILES string of the molecule is COc1ccc(OC)c([C@@H]2CCCN2C(=O)CN2C(=O)COc3ccc(Cl)cc32)c1.